The number of hydrogen-bond acceptors (Lipinski definition) is 2. The van der Waals surface area contributed by atoms with E-state index in [2.05, 4.69) is 60.2 Å². The van der Waals surface area contributed by atoms with Crippen LogP contribution in [0.1, 0.15) is 42.0 Å². The zero-order chi connectivity index (χ0) is 16.7. The van der Waals surface area contributed by atoms with E-state index < -0.39 is 5.82 Å². The number of benzene rings is 2. The lowest BCUT2D eigenvalue weighted by molar-refractivity contribution is 0.629. The molecule has 0 spiro atoms. The third-order valence-electron chi connectivity index (χ3n) is 3.52. The fraction of sp³-hybridized carbons (Fsp3) is 0.250. The molecule has 0 amide bonds. The summed E-state index contributed by atoms with van der Waals surface area (Å²) in [7, 11) is 0. The van der Waals surface area contributed by atoms with Crippen LogP contribution in [0.4, 0.5) is 10.1 Å². The number of hydrogen-bond donors (Lipinski definition) is 0. The van der Waals surface area contributed by atoms with E-state index in [0.29, 0.717) is 5.56 Å². The van der Waals surface area contributed by atoms with Crippen molar-refractivity contribution in [2.75, 3.05) is 0 Å². The van der Waals surface area contributed by atoms with E-state index in [-0.39, 0.29) is 5.69 Å². The van der Waals surface area contributed by atoms with Crippen LogP contribution in [0.25, 0.3) is 0 Å². The molecule has 0 aliphatic heterocycles. The van der Waals surface area contributed by atoms with Crippen LogP contribution in [-0.2, 0) is 6.42 Å². The first-order valence-electron chi connectivity index (χ1n) is 7.63. The van der Waals surface area contributed by atoms with Gasteiger partial charge in [0.25, 0.3) is 0 Å². The molecule has 0 radical (unpaired) electrons. The monoisotopic (exact) mass is 323 g/mol. The molecule has 0 saturated heterocycles. The van der Waals surface area contributed by atoms with Gasteiger partial charge in [-0.15, -0.1) is 0 Å². The van der Waals surface area contributed by atoms with Crippen molar-refractivity contribution in [3.8, 4) is 11.8 Å². The molecule has 0 heterocycles. The Labute approximate surface area is 142 Å². The van der Waals surface area contributed by atoms with Crippen LogP contribution in [0.3, 0.4) is 0 Å². The third-order valence-corrected chi connectivity index (χ3v) is 3.61. The molecule has 0 saturated carbocycles. The summed E-state index contributed by atoms with van der Waals surface area (Å²) in [6, 6.07) is 10.9. The third kappa shape index (κ3) is 4.86. The van der Waals surface area contributed by atoms with E-state index >= 15 is 0 Å². The van der Waals surface area contributed by atoms with E-state index in [9.17, 15) is 4.39 Å². The SMILES string of the molecule is CCCCc1cc(C)ccc1C#Cc1ccc(N=C=S)c(F)c1. The summed E-state index contributed by atoms with van der Waals surface area (Å²) < 4.78 is 13.8. The molecule has 2 aromatic rings. The molecule has 0 aliphatic carbocycles. The number of thiocarbonyl (C=S) groups is 1. The molecule has 3 heteroatoms. The van der Waals surface area contributed by atoms with E-state index in [1.807, 2.05) is 6.07 Å². The number of rotatable bonds is 4. The van der Waals surface area contributed by atoms with Crippen LogP contribution >= 0.6 is 12.2 Å². The molecule has 0 bridgehead atoms. The highest BCUT2D eigenvalue weighted by Crippen LogP contribution is 2.18. The van der Waals surface area contributed by atoms with Gasteiger partial charge in [0, 0.05) is 11.1 Å². The van der Waals surface area contributed by atoms with Gasteiger partial charge in [0.15, 0.2) is 5.82 Å². The Morgan fingerprint density at radius 1 is 1.13 bits per heavy atom. The Morgan fingerprint density at radius 3 is 2.65 bits per heavy atom. The molecule has 1 nitrogen and oxygen atoms in total. The van der Waals surface area contributed by atoms with Gasteiger partial charge in [-0.25, -0.2) is 4.39 Å². The average molecular weight is 323 g/mol. The number of isothiocyanates is 1. The smallest absolute Gasteiger partial charge is 0.150 e. The molecule has 0 atom stereocenters. The highest BCUT2D eigenvalue weighted by molar-refractivity contribution is 7.78. The van der Waals surface area contributed by atoms with Crippen LogP contribution < -0.4 is 0 Å². The first kappa shape index (κ1) is 17.1. The highest BCUT2D eigenvalue weighted by Gasteiger charge is 2.02. The van der Waals surface area contributed by atoms with E-state index in [1.165, 1.54) is 17.2 Å². The molecule has 2 aromatic carbocycles. The van der Waals surface area contributed by atoms with E-state index in [0.717, 1.165) is 24.8 Å². The molecule has 0 unspecified atom stereocenters. The lowest BCUT2D eigenvalue weighted by Gasteiger charge is -2.05. The predicted octanol–water partition coefficient (Wildman–Crippen LogP) is 5.61. The van der Waals surface area contributed by atoms with Crippen LogP contribution in [0.5, 0.6) is 0 Å². The fourth-order valence-electron chi connectivity index (χ4n) is 2.28. The number of unbranched alkanes of at least 4 members (excludes halogenated alkanes) is 1. The van der Waals surface area contributed by atoms with Crippen LogP contribution in [0.2, 0.25) is 0 Å². The largest absolute Gasteiger partial charge is 0.205 e. The number of aliphatic imine (C=N–C) groups is 1. The standard InChI is InChI=1S/C20H18FNS/c1-3-4-5-18-12-15(2)6-9-17(18)10-7-16-8-11-20(22-14-23)19(21)13-16/h6,8-9,11-13H,3-5H2,1-2H3. The summed E-state index contributed by atoms with van der Waals surface area (Å²) in [6.45, 7) is 4.26. The quantitative estimate of drug-likeness (QED) is 0.404. The minimum atomic E-state index is -0.440. The van der Waals surface area contributed by atoms with Crippen LogP contribution in [0.15, 0.2) is 41.4 Å². The zero-order valence-electron chi connectivity index (χ0n) is 13.3. The summed E-state index contributed by atoms with van der Waals surface area (Å²) in [5.74, 6) is 5.75. The molecular formula is C20H18FNS. The first-order chi connectivity index (χ1) is 11.1. The zero-order valence-corrected chi connectivity index (χ0v) is 14.1. The molecule has 0 N–H and O–H groups in total. The maximum absolute atomic E-state index is 13.8. The molecule has 116 valence electrons. The minimum absolute atomic E-state index is 0.185. The highest BCUT2D eigenvalue weighted by atomic mass is 32.1. The van der Waals surface area contributed by atoms with Gasteiger partial charge in [-0.3, -0.25) is 0 Å². The molecule has 0 aliphatic rings. The van der Waals surface area contributed by atoms with Crippen molar-refractivity contribution >= 4 is 23.1 Å². The second-order valence-corrected chi connectivity index (χ2v) is 5.57. The van der Waals surface area contributed by atoms with Gasteiger partial charge in [0.1, 0.15) is 5.69 Å². The van der Waals surface area contributed by atoms with Crippen molar-refractivity contribution in [2.24, 2.45) is 4.99 Å². The number of aryl methyl sites for hydroxylation is 2. The second kappa shape index (κ2) is 8.39. The van der Waals surface area contributed by atoms with Gasteiger partial charge in [-0.05, 0) is 61.8 Å². The van der Waals surface area contributed by atoms with Crippen molar-refractivity contribution in [1.82, 2.24) is 0 Å². The van der Waals surface area contributed by atoms with Crippen molar-refractivity contribution < 1.29 is 4.39 Å². The Kier molecular flexibility index (Phi) is 6.23. The van der Waals surface area contributed by atoms with E-state index in [1.54, 1.807) is 12.1 Å². The van der Waals surface area contributed by atoms with Crippen LogP contribution in [-0.4, -0.2) is 5.16 Å². The lowest BCUT2D eigenvalue weighted by atomic mass is 9.99. The van der Waals surface area contributed by atoms with Gasteiger partial charge >= 0.3 is 0 Å². The molecule has 23 heavy (non-hydrogen) atoms. The lowest BCUT2D eigenvalue weighted by Crippen LogP contribution is -1.92. The Hall–Kier alpha value is -2.27. The predicted molar refractivity (Wildman–Crippen MR) is 96.9 cm³/mol. The summed E-state index contributed by atoms with van der Waals surface area (Å²) in [5.41, 5.74) is 4.29. The van der Waals surface area contributed by atoms with Gasteiger partial charge in [0.2, 0.25) is 0 Å². The first-order valence-corrected chi connectivity index (χ1v) is 8.04. The minimum Gasteiger partial charge on any atom is -0.205 e. The Balaban J connectivity index is 2.31. The van der Waals surface area contributed by atoms with E-state index in [4.69, 9.17) is 0 Å². The van der Waals surface area contributed by atoms with Gasteiger partial charge < -0.3 is 0 Å². The molecular weight excluding hydrogens is 305 g/mol. The van der Waals surface area contributed by atoms with Crippen molar-refractivity contribution in [2.45, 2.75) is 33.1 Å². The van der Waals surface area contributed by atoms with Gasteiger partial charge in [-0.1, -0.05) is 42.9 Å². The molecule has 2 rings (SSSR count). The maximum atomic E-state index is 13.8. The summed E-state index contributed by atoms with van der Waals surface area (Å²) in [6.07, 6.45) is 3.30. The summed E-state index contributed by atoms with van der Waals surface area (Å²) in [4.78, 5) is 3.66. The summed E-state index contributed by atoms with van der Waals surface area (Å²) >= 11 is 4.49. The number of halogens is 1. The van der Waals surface area contributed by atoms with Crippen LogP contribution in [0, 0.1) is 24.6 Å². The molecule has 0 fully saturated rings. The maximum Gasteiger partial charge on any atom is 0.150 e. The molecule has 0 aromatic heterocycles. The second-order valence-electron chi connectivity index (χ2n) is 5.38. The topological polar surface area (TPSA) is 12.4 Å². The Morgan fingerprint density at radius 2 is 1.96 bits per heavy atom. The van der Waals surface area contributed by atoms with Gasteiger partial charge in [-0.2, -0.15) is 4.99 Å². The van der Waals surface area contributed by atoms with Gasteiger partial charge in [0.05, 0.1) is 5.16 Å². The Bertz CT molecular complexity index is 808. The average Bonchev–Trinajstić information content (AvgIpc) is 2.54. The fourth-order valence-corrected chi connectivity index (χ4v) is 2.38. The van der Waals surface area contributed by atoms with Crippen molar-refractivity contribution in [3.05, 3.63) is 64.5 Å². The summed E-state index contributed by atoms with van der Waals surface area (Å²) in [5, 5.41) is 2.17. The van der Waals surface area contributed by atoms with Crippen molar-refractivity contribution in [1.29, 1.82) is 0 Å². The number of nitrogens with zero attached hydrogens (tertiary/aromatic N) is 1. The van der Waals surface area contributed by atoms with Crippen molar-refractivity contribution in [3.63, 3.8) is 0 Å². The normalized spacial score (nSPS) is 9.70.